The van der Waals surface area contributed by atoms with Crippen LogP contribution in [-0.4, -0.2) is 23.3 Å². The molecule has 0 radical (unpaired) electrons. The Morgan fingerprint density at radius 2 is 1.70 bits per heavy atom. The van der Waals surface area contributed by atoms with Crippen LogP contribution >= 0.6 is 0 Å². The monoisotopic (exact) mass is 364 g/mol. The Labute approximate surface area is 161 Å². The molecule has 0 amide bonds. The Morgan fingerprint density at radius 3 is 2.52 bits per heavy atom. The lowest BCUT2D eigenvalue weighted by Gasteiger charge is -2.22. The van der Waals surface area contributed by atoms with Crippen molar-refractivity contribution in [3.63, 3.8) is 0 Å². The molecule has 4 rings (SSSR count). The Kier molecular flexibility index (Phi) is 5.61. The smallest absolute Gasteiger partial charge is 0.161 e. The number of aromatic nitrogens is 2. The second-order valence-electron chi connectivity index (χ2n) is 7.30. The molecular formula is C23H28N2O2. The normalized spacial score (nSPS) is 15.1. The van der Waals surface area contributed by atoms with E-state index in [1.54, 1.807) is 7.11 Å². The van der Waals surface area contributed by atoms with Gasteiger partial charge in [0, 0.05) is 12.5 Å². The van der Waals surface area contributed by atoms with Crippen LogP contribution in [0.4, 0.5) is 0 Å². The summed E-state index contributed by atoms with van der Waals surface area (Å²) in [5.74, 6) is 3.46. The molecule has 1 aromatic heterocycles. The molecule has 142 valence electrons. The van der Waals surface area contributed by atoms with Gasteiger partial charge in [-0.2, -0.15) is 0 Å². The van der Waals surface area contributed by atoms with Gasteiger partial charge >= 0.3 is 0 Å². The summed E-state index contributed by atoms with van der Waals surface area (Å²) < 4.78 is 13.8. The van der Waals surface area contributed by atoms with Gasteiger partial charge in [0.05, 0.1) is 24.8 Å². The number of aryl methyl sites for hydroxylation is 1. The predicted molar refractivity (Wildman–Crippen MR) is 109 cm³/mol. The van der Waals surface area contributed by atoms with E-state index in [9.17, 15) is 0 Å². The molecule has 3 aromatic rings. The van der Waals surface area contributed by atoms with Gasteiger partial charge in [-0.25, -0.2) is 4.98 Å². The molecule has 0 saturated heterocycles. The fraction of sp³-hybridized carbons (Fsp3) is 0.435. The summed E-state index contributed by atoms with van der Waals surface area (Å²) in [5.41, 5.74) is 2.36. The second kappa shape index (κ2) is 8.47. The summed E-state index contributed by atoms with van der Waals surface area (Å²) in [5, 5.41) is 0. The third-order valence-electron chi connectivity index (χ3n) is 5.51. The van der Waals surface area contributed by atoms with Gasteiger partial charge in [-0.15, -0.1) is 0 Å². The van der Waals surface area contributed by atoms with Crippen molar-refractivity contribution in [2.75, 3.05) is 13.7 Å². The molecule has 4 heteroatoms. The van der Waals surface area contributed by atoms with E-state index < -0.39 is 0 Å². The first-order chi connectivity index (χ1) is 13.4. The predicted octanol–water partition coefficient (Wildman–Crippen LogP) is 5.56. The molecule has 0 bridgehead atoms. The highest BCUT2D eigenvalue weighted by Crippen LogP contribution is 2.34. The number of benzene rings is 2. The zero-order chi connectivity index (χ0) is 18.5. The molecular weight excluding hydrogens is 336 g/mol. The van der Waals surface area contributed by atoms with Crippen LogP contribution in [0.5, 0.6) is 11.5 Å². The largest absolute Gasteiger partial charge is 0.493 e. The van der Waals surface area contributed by atoms with Crippen molar-refractivity contribution in [2.45, 2.75) is 51.0 Å². The first-order valence-electron chi connectivity index (χ1n) is 10.1. The molecule has 0 N–H and O–H groups in total. The number of hydrogen-bond acceptors (Lipinski definition) is 3. The molecule has 27 heavy (non-hydrogen) atoms. The third kappa shape index (κ3) is 3.95. The fourth-order valence-corrected chi connectivity index (χ4v) is 4.14. The minimum absolute atomic E-state index is 0.598. The van der Waals surface area contributed by atoms with Gasteiger partial charge in [-0.05, 0) is 43.5 Å². The molecule has 0 unspecified atom stereocenters. The second-order valence-corrected chi connectivity index (χ2v) is 7.30. The number of hydrogen-bond donors (Lipinski definition) is 0. The van der Waals surface area contributed by atoms with E-state index in [0.717, 1.165) is 30.0 Å². The summed E-state index contributed by atoms with van der Waals surface area (Å²) in [6.45, 7) is 1.60. The van der Waals surface area contributed by atoms with Crippen LogP contribution < -0.4 is 9.47 Å². The minimum atomic E-state index is 0.598. The number of nitrogens with zero attached hydrogens (tertiary/aromatic N) is 2. The maximum Gasteiger partial charge on any atom is 0.161 e. The summed E-state index contributed by atoms with van der Waals surface area (Å²) in [4.78, 5) is 5.00. The van der Waals surface area contributed by atoms with Gasteiger partial charge in [0.1, 0.15) is 5.82 Å². The highest BCUT2D eigenvalue weighted by molar-refractivity contribution is 5.76. The van der Waals surface area contributed by atoms with E-state index in [4.69, 9.17) is 14.5 Å². The average molecular weight is 364 g/mol. The molecule has 1 saturated carbocycles. The van der Waals surface area contributed by atoms with Gasteiger partial charge < -0.3 is 14.0 Å². The molecule has 0 spiro atoms. The average Bonchev–Trinajstić information content (AvgIpc) is 3.11. The first kappa shape index (κ1) is 17.9. The van der Waals surface area contributed by atoms with Crippen LogP contribution in [-0.2, 0) is 6.54 Å². The number of para-hydroxylation sites is 4. The van der Waals surface area contributed by atoms with E-state index in [1.807, 2.05) is 24.3 Å². The number of rotatable bonds is 7. The first-order valence-corrected chi connectivity index (χ1v) is 10.1. The fourth-order valence-electron chi connectivity index (χ4n) is 4.14. The van der Waals surface area contributed by atoms with Crippen LogP contribution in [0.2, 0.25) is 0 Å². The SMILES string of the molecule is COc1ccccc1OCCCn1c(C2CCCCC2)nc2ccccc21. The quantitative estimate of drug-likeness (QED) is 0.515. The van der Waals surface area contributed by atoms with Gasteiger partial charge in [-0.3, -0.25) is 0 Å². The number of methoxy groups -OCH3 is 1. The van der Waals surface area contributed by atoms with Crippen LogP contribution in [0, 0.1) is 0 Å². The molecule has 1 fully saturated rings. The minimum Gasteiger partial charge on any atom is -0.493 e. The highest BCUT2D eigenvalue weighted by atomic mass is 16.5. The van der Waals surface area contributed by atoms with Gasteiger partial charge in [0.2, 0.25) is 0 Å². The highest BCUT2D eigenvalue weighted by Gasteiger charge is 2.22. The van der Waals surface area contributed by atoms with Crippen molar-refractivity contribution in [1.29, 1.82) is 0 Å². The van der Waals surface area contributed by atoms with Crippen LogP contribution in [0.1, 0.15) is 50.3 Å². The molecule has 1 heterocycles. The van der Waals surface area contributed by atoms with Gasteiger partial charge in [0.25, 0.3) is 0 Å². The Bertz CT molecular complexity index is 881. The maximum atomic E-state index is 5.97. The number of imidazole rings is 1. The molecule has 0 aliphatic heterocycles. The zero-order valence-electron chi connectivity index (χ0n) is 16.1. The van der Waals surface area contributed by atoms with Crippen molar-refractivity contribution in [1.82, 2.24) is 9.55 Å². The lowest BCUT2D eigenvalue weighted by Crippen LogP contribution is -2.14. The zero-order valence-corrected chi connectivity index (χ0v) is 16.1. The molecule has 1 aliphatic carbocycles. The van der Waals surface area contributed by atoms with Crippen molar-refractivity contribution < 1.29 is 9.47 Å². The lowest BCUT2D eigenvalue weighted by atomic mass is 9.88. The van der Waals surface area contributed by atoms with Crippen LogP contribution in [0.3, 0.4) is 0 Å². The van der Waals surface area contributed by atoms with E-state index in [1.165, 1.54) is 43.4 Å². The number of fused-ring (bicyclic) bond motifs is 1. The maximum absolute atomic E-state index is 5.97. The summed E-state index contributed by atoms with van der Waals surface area (Å²) in [6, 6.07) is 16.3. The topological polar surface area (TPSA) is 36.3 Å². The lowest BCUT2D eigenvalue weighted by molar-refractivity contribution is 0.281. The van der Waals surface area contributed by atoms with E-state index in [2.05, 4.69) is 28.8 Å². The molecule has 2 aromatic carbocycles. The van der Waals surface area contributed by atoms with Crippen molar-refractivity contribution >= 4 is 11.0 Å². The molecule has 4 nitrogen and oxygen atoms in total. The Morgan fingerprint density at radius 1 is 0.963 bits per heavy atom. The van der Waals surface area contributed by atoms with Crippen molar-refractivity contribution in [3.8, 4) is 11.5 Å². The van der Waals surface area contributed by atoms with E-state index >= 15 is 0 Å². The van der Waals surface area contributed by atoms with E-state index in [0.29, 0.717) is 12.5 Å². The third-order valence-corrected chi connectivity index (χ3v) is 5.51. The van der Waals surface area contributed by atoms with Crippen LogP contribution in [0.25, 0.3) is 11.0 Å². The summed E-state index contributed by atoms with van der Waals surface area (Å²) in [6.07, 6.45) is 7.49. The molecule has 0 atom stereocenters. The Balaban J connectivity index is 1.47. The summed E-state index contributed by atoms with van der Waals surface area (Å²) >= 11 is 0. The standard InChI is InChI=1S/C23H28N2O2/c1-26-21-14-7-8-15-22(21)27-17-9-16-25-20-13-6-5-12-19(20)24-23(25)18-10-3-2-4-11-18/h5-8,12-15,18H,2-4,9-11,16-17H2,1H3. The Hall–Kier alpha value is -2.49. The molecule has 1 aliphatic rings. The van der Waals surface area contributed by atoms with Crippen molar-refractivity contribution in [2.24, 2.45) is 0 Å². The van der Waals surface area contributed by atoms with Gasteiger partial charge in [-0.1, -0.05) is 43.5 Å². The van der Waals surface area contributed by atoms with Crippen molar-refractivity contribution in [3.05, 3.63) is 54.4 Å². The van der Waals surface area contributed by atoms with Gasteiger partial charge in [0.15, 0.2) is 11.5 Å². The van der Waals surface area contributed by atoms with Crippen LogP contribution in [0.15, 0.2) is 48.5 Å². The summed E-state index contributed by atoms with van der Waals surface area (Å²) in [7, 11) is 1.68. The van der Waals surface area contributed by atoms with E-state index in [-0.39, 0.29) is 0 Å². The number of ether oxygens (including phenoxy) is 2.